The predicted octanol–water partition coefficient (Wildman–Crippen LogP) is -1.73. The largest absolute Gasteiger partial charge is 0.480 e. The molecule has 2 rings (SSSR count). The van der Waals surface area contributed by atoms with Gasteiger partial charge in [-0.1, -0.05) is 0 Å². The molecule has 2 aliphatic heterocycles. The Morgan fingerprint density at radius 3 is 2.72 bits per heavy atom. The van der Waals surface area contributed by atoms with E-state index in [0.717, 1.165) is 0 Å². The van der Waals surface area contributed by atoms with Crippen LogP contribution in [0.5, 0.6) is 0 Å². The molecule has 0 aromatic rings. The Morgan fingerprint density at radius 1 is 1.39 bits per heavy atom. The maximum absolute atomic E-state index is 12.3. The number of nitrogens with one attached hydrogen (secondary N) is 1. The number of hydrogen-bond donors (Lipinski definition) is 3. The predicted molar refractivity (Wildman–Crippen MR) is 60.9 cm³/mol. The molecule has 7 nitrogen and oxygen atoms in total. The van der Waals surface area contributed by atoms with Crippen LogP contribution < -0.4 is 5.32 Å². The lowest BCUT2D eigenvalue weighted by Crippen LogP contribution is -2.48. The lowest BCUT2D eigenvalue weighted by atomic mass is 10.0. The molecule has 2 heterocycles. The Kier molecular flexibility index (Phi) is 3.84. The highest BCUT2D eigenvalue weighted by Gasteiger charge is 2.44. The van der Waals surface area contributed by atoms with Crippen LogP contribution in [0.4, 0.5) is 0 Å². The zero-order chi connectivity index (χ0) is 13.3. The number of ether oxygens (including phenoxy) is 1. The fraction of sp³-hybridized carbons (Fsp3) is 0.818. The fourth-order valence-corrected chi connectivity index (χ4v) is 2.59. The molecule has 2 saturated heterocycles. The van der Waals surface area contributed by atoms with Gasteiger partial charge in [0.1, 0.15) is 6.04 Å². The van der Waals surface area contributed by atoms with Crippen molar-refractivity contribution in [3.63, 3.8) is 0 Å². The molecule has 0 radical (unpaired) electrons. The molecule has 1 amide bonds. The third-order valence-electron chi connectivity index (χ3n) is 3.62. The SMILES string of the molecule is CNC1COCC1C(=O)N1C[C@H](O)C[C@H]1C(=O)O. The van der Waals surface area contributed by atoms with Gasteiger partial charge in [0, 0.05) is 19.0 Å². The molecule has 0 aromatic carbocycles. The van der Waals surface area contributed by atoms with Crippen molar-refractivity contribution in [1.29, 1.82) is 0 Å². The summed E-state index contributed by atoms with van der Waals surface area (Å²) < 4.78 is 5.24. The van der Waals surface area contributed by atoms with E-state index in [1.165, 1.54) is 4.90 Å². The first-order valence-electron chi connectivity index (χ1n) is 6.01. The van der Waals surface area contributed by atoms with Crippen LogP contribution in [0.3, 0.4) is 0 Å². The normalized spacial score (nSPS) is 36.0. The van der Waals surface area contributed by atoms with Gasteiger partial charge in [-0.15, -0.1) is 0 Å². The van der Waals surface area contributed by atoms with Crippen molar-refractivity contribution in [1.82, 2.24) is 10.2 Å². The number of hydrogen-bond acceptors (Lipinski definition) is 5. The van der Waals surface area contributed by atoms with E-state index in [-0.39, 0.29) is 30.8 Å². The Hall–Kier alpha value is -1.18. The van der Waals surface area contributed by atoms with E-state index in [1.54, 1.807) is 7.05 Å². The van der Waals surface area contributed by atoms with Crippen molar-refractivity contribution < 1.29 is 24.5 Å². The number of aliphatic carboxylic acids is 1. The number of carbonyl (C=O) groups is 2. The molecule has 0 saturated carbocycles. The minimum Gasteiger partial charge on any atom is -0.480 e. The minimum atomic E-state index is -1.07. The number of nitrogens with zero attached hydrogens (tertiary/aromatic N) is 1. The number of β-amino-alcohol motifs (C(OH)–C–C–N with tert-alkyl or cyclic N) is 1. The summed E-state index contributed by atoms with van der Waals surface area (Å²) >= 11 is 0. The summed E-state index contributed by atoms with van der Waals surface area (Å²) in [5.41, 5.74) is 0. The quantitative estimate of drug-likeness (QED) is 0.556. The zero-order valence-electron chi connectivity index (χ0n) is 10.2. The number of rotatable bonds is 3. The first-order valence-corrected chi connectivity index (χ1v) is 6.01. The molecular weight excluding hydrogens is 240 g/mol. The van der Waals surface area contributed by atoms with Gasteiger partial charge in [-0.25, -0.2) is 4.79 Å². The molecule has 0 bridgehead atoms. The van der Waals surface area contributed by atoms with E-state index in [4.69, 9.17) is 9.84 Å². The van der Waals surface area contributed by atoms with Gasteiger partial charge >= 0.3 is 5.97 Å². The number of carbonyl (C=O) groups excluding carboxylic acids is 1. The monoisotopic (exact) mass is 258 g/mol. The van der Waals surface area contributed by atoms with Crippen LogP contribution >= 0.6 is 0 Å². The minimum absolute atomic E-state index is 0.0860. The number of amides is 1. The van der Waals surface area contributed by atoms with Gasteiger partial charge in [0.25, 0.3) is 0 Å². The van der Waals surface area contributed by atoms with Crippen molar-refractivity contribution in [3.8, 4) is 0 Å². The molecule has 4 atom stereocenters. The Balaban J connectivity index is 2.10. The van der Waals surface area contributed by atoms with Crippen molar-refractivity contribution in [2.45, 2.75) is 24.6 Å². The molecule has 2 unspecified atom stereocenters. The first kappa shape index (κ1) is 13.3. The summed E-state index contributed by atoms with van der Waals surface area (Å²) in [5.74, 6) is -1.70. The molecule has 7 heteroatoms. The topological polar surface area (TPSA) is 99.1 Å². The summed E-state index contributed by atoms with van der Waals surface area (Å²) in [4.78, 5) is 24.6. The molecule has 0 spiro atoms. The lowest BCUT2D eigenvalue weighted by Gasteiger charge is -2.26. The van der Waals surface area contributed by atoms with Gasteiger partial charge in [-0.3, -0.25) is 4.79 Å². The first-order chi connectivity index (χ1) is 8.54. The average molecular weight is 258 g/mol. The molecule has 18 heavy (non-hydrogen) atoms. The van der Waals surface area contributed by atoms with E-state index in [2.05, 4.69) is 5.32 Å². The maximum atomic E-state index is 12.3. The molecule has 0 aromatic heterocycles. The van der Waals surface area contributed by atoms with E-state index in [9.17, 15) is 14.7 Å². The van der Waals surface area contributed by atoms with Gasteiger partial charge in [0.2, 0.25) is 5.91 Å². The highest BCUT2D eigenvalue weighted by Crippen LogP contribution is 2.24. The summed E-state index contributed by atoms with van der Waals surface area (Å²) in [5, 5.41) is 21.6. The number of aliphatic hydroxyl groups excluding tert-OH is 1. The average Bonchev–Trinajstić information content (AvgIpc) is 2.93. The Morgan fingerprint density at radius 2 is 2.11 bits per heavy atom. The molecule has 2 fully saturated rings. The van der Waals surface area contributed by atoms with Crippen LogP contribution in [0, 0.1) is 5.92 Å². The third-order valence-corrected chi connectivity index (χ3v) is 3.62. The maximum Gasteiger partial charge on any atom is 0.326 e. The second kappa shape index (κ2) is 5.21. The second-order valence-electron chi connectivity index (χ2n) is 4.77. The Labute approximate surface area is 105 Å². The summed E-state index contributed by atoms with van der Waals surface area (Å²) in [7, 11) is 1.74. The molecule has 0 aliphatic carbocycles. The molecule has 102 valence electrons. The highest BCUT2D eigenvalue weighted by molar-refractivity contribution is 5.86. The van der Waals surface area contributed by atoms with Crippen LogP contribution in [0.2, 0.25) is 0 Å². The number of likely N-dealkylation sites (N-methyl/N-ethyl adjacent to an activating group) is 1. The summed E-state index contributed by atoms with van der Waals surface area (Å²) in [6.45, 7) is 0.826. The number of carboxylic acid groups (broad SMARTS) is 1. The lowest BCUT2D eigenvalue weighted by molar-refractivity contribution is -0.150. The van der Waals surface area contributed by atoms with Crippen LogP contribution in [0.1, 0.15) is 6.42 Å². The smallest absolute Gasteiger partial charge is 0.326 e. The number of carboxylic acids is 1. The molecule has 2 aliphatic rings. The van der Waals surface area contributed by atoms with Gasteiger partial charge in [-0.2, -0.15) is 0 Å². The van der Waals surface area contributed by atoms with Crippen LogP contribution in [-0.2, 0) is 14.3 Å². The van der Waals surface area contributed by atoms with Crippen molar-refractivity contribution in [2.24, 2.45) is 5.92 Å². The number of likely N-dealkylation sites (tertiary alicyclic amines) is 1. The van der Waals surface area contributed by atoms with Crippen molar-refractivity contribution >= 4 is 11.9 Å². The Bertz CT molecular complexity index is 348. The van der Waals surface area contributed by atoms with Crippen LogP contribution in [0.25, 0.3) is 0 Å². The van der Waals surface area contributed by atoms with E-state index >= 15 is 0 Å². The van der Waals surface area contributed by atoms with Crippen molar-refractivity contribution in [3.05, 3.63) is 0 Å². The second-order valence-corrected chi connectivity index (χ2v) is 4.77. The third kappa shape index (κ3) is 2.33. The van der Waals surface area contributed by atoms with Crippen LogP contribution in [0.15, 0.2) is 0 Å². The van der Waals surface area contributed by atoms with Gasteiger partial charge in [0.15, 0.2) is 0 Å². The van der Waals surface area contributed by atoms with E-state index < -0.39 is 18.1 Å². The van der Waals surface area contributed by atoms with E-state index in [0.29, 0.717) is 13.2 Å². The van der Waals surface area contributed by atoms with Gasteiger partial charge in [0.05, 0.1) is 25.2 Å². The summed E-state index contributed by atoms with van der Waals surface area (Å²) in [6.07, 6.45) is -0.663. The highest BCUT2D eigenvalue weighted by atomic mass is 16.5. The van der Waals surface area contributed by atoms with Gasteiger partial charge < -0.3 is 25.2 Å². The van der Waals surface area contributed by atoms with Crippen LogP contribution in [-0.4, -0.2) is 72.0 Å². The van der Waals surface area contributed by atoms with Gasteiger partial charge in [-0.05, 0) is 7.05 Å². The van der Waals surface area contributed by atoms with E-state index in [1.807, 2.05) is 0 Å². The zero-order valence-corrected chi connectivity index (χ0v) is 10.2. The standard InChI is InChI=1S/C11H18N2O5/c1-12-8-5-18-4-7(8)10(15)13-3-6(14)2-9(13)11(16)17/h6-9,12,14H,2-5H2,1H3,(H,16,17)/t6-,7?,8?,9+/m1/s1. The summed E-state index contributed by atoms with van der Waals surface area (Å²) in [6, 6.07) is -1.02. The number of aliphatic hydroxyl groups is 1. The fourth-order valence-electron chi connectivity index (χ4n) is 2.59. The molecular formula is C11H18N2O5. The molecule has 3 N–H and O–H groups in total. The van der Waals surface area contributed by atoms with Crippen molar-refractivity contribution in [2.75, 3.05) is 26.8 Å².